The van der Waals surface area contributed by atoms with Crippen LogP contribution in [-0.4, -0.2) is 34.0 Å². The number of rotatable bonds is 5. The average molecular weight is 476 g/mol. The van der Waals surface area contributed by atoms with Crippen LogP contribution in [0, 0.1) is 5.92 Å². The summed E-state index contributed by atoms with van der Waals surface area (Å²) in [7, 11) is 0. The second-order valence-corrected chi connectivity index (χ2v) is 8.44. The summed E-state index contributed by atoms with van der Waals surface area (Å²) in [4.78, 5) is 19.3. The molecule has 1 aliphatic rings. The van der Waals surface area contributed by atoms with Crippen LogP contribution in [-0.2, 0) is 11.3 Å². The molecule has 1 unspecified atom stereocenters. The van der Waals surface area contributed by atoms with Crippen molar-refractivity contribution in [2.75, 3.05) is 18.4 Å². The minimum Gasteiger partial charge on any atom is -0.338 e. The third-order valence-electron chi connectivity index (χ3n) is 4.90. The molecule has 1 saturated heterocycles. The van der Waals surface area contributed by atoms with E-state index in [4.69, 9.17) is 16.1 Å². The molecule has 1 atom stereocenters. The predicted molar refractivity (Wildman–Crippen MR) is 116 cm³/mol. The highest BCUT2D eigenvalue weighted by atomic mass is 79.9. The number of likely N-dealkylation sites (tertiary alicyclic amines) is 1. The molecule has 1 N–H and O–H groups in total. The molecule has 1 aromatic heterocycles. The molecule has 150 valence electrons. The Morgan fingerprint density at radius 3 is 2.90 bits per heavy atom. The highest BCUT2D eigenvalue weighted by Crippen LogP contribution is 2.23. The Balaban J connectivity index is 1.36. The quantitative estimate of drug-likeness (QED) is 0.562. The standard InChI is InChI=1S/C21H20BrClN4O2/c22-16-5-1-3-14(11-16)20-25-19(29-26-20)13-27-10-2-4-15(12-27)21(28)24-18-8-6-17(23)7-9-18/h1,3,5-9,11,15H,2,4,10,12-13H2,(H,24,28). The van der Waals surface area contributed by atoms with Gasteiger partial charge < -0.3 is 9.84 Å². The van der Waals surface area contributed by atoms with Gasteiger partial charge in [-0.3, -0.25) is 9.69 Å². The van der Waals surface area contributed by atoms with Crippen LogP contribution in [0.2, 0.25) is 5.02 Å². The molecule has 0 spiro atoms. The van der Waals surface area contributed by atoms with E-state index in [1.807, 2.05) is 36.4 Å². The number of carbonyl (C=O) groups excluding carboxylic acids is 1. The first-order chi connectivity index (χ1) is 14.1. The highest BCUT2D eigenvalue weighted by molar-refractivity contribution is 9.10. The summed E-state index contributed by atoms with van der Waals surface area (Å²) in [6.45, 7) is 2.10. The van der Waals surface area contributed by atoms with Gasteiger partial charge in [0.25, 0.3) is 0 Å². The molecule has 2 aromatic carbocycles. The smallest absolute Gasteiger partial charge is 0.241 e. The molecule has 6 nitrogen and oxygen atoms in total. The Morgan fingerprint density at radius 1 is 1.28 bits per heavy atom. The van der Waals surface area contributed by atoms with Crippen LogP contribution in [0.4, 0.5) is 5.69 Å². The SMILES string of the molecule is O=C(Nc1ccc(Cl)cc1)C1CCCN(Cc2nc(-c3cccc(Br)c3)no2)C1. The van der Waals surface area contributed by atoms with E-state index in [2.05, 4.69) is 36.3 Å². The van der Waals surface area contributed by atoms with Gasteiger partial charge in [0.15, 0.2) is 0 Å². The number of halogens is 2. The fourth-order valence-electron chi connectivity index (χ4n) is 3.45. The van der Waals surface area contributed by atoms with E-state index in [1.54, 1.807) is 12.1 Å². The number of hydrogen-bond acceptors (Lipinski definition) is 5. The van der Waals surface area contributed by atoms with E-state index in [-0.39, 0.29) is 11.8 Å². The molecule has 0 saturated carbocycles. The molecule has 29 heavy (non-hydrogen) atoms. The van der Waals surface area contributed by atoms with E-state index in [9.17, 15) is 4.79 Å². The first kappa shape index (κ1) is 20.1. The van der Waals surface area contributed by atoms with Crippen molar-refractivity contribution in [1.82, 2.24) is 15.0 Å². The van der Waals surface area contributed by atoms with Gasteiger partial charge in [-0.25, -0.2) is 0 Å². The summed E-state index contributed by atoms with van der Waals surface area (Å²) in [6.07, 6.45) is 1.81. The largest absolute Gasteiger partial charge is 0.338 e. The van der Waals surface area contributed by atoms with Crippen molar-refractivity contribution in [2.45, 2.75) is 19.4 Å². The number of carbonyl (C=O) groups is 1. The number of benzene rings is 2. The lowest BCUT2D eigenvalue weighted by atomic mass is 9.97. The predicted octanol–water partition coefficient (Wildman–Crippen LogP) is 5.00. The zero-order valence-electron chi connectivity index (χ0n) is 15.6. The summed E-state index contributed by atoms with van der Waals surface area (Å²) in [5, 5.41) is 7.71. The molecule has 1 aliphatic heterocycles. The maximum atomic E-state index is 12.6. The Labute approximate surface area is 182 Å². The second-order valence-electron chi connectivity index (χ2n) is 7.09. The first-order valence-electron chi connectivity index (χ1n) is 9.44. The topological polar surface area (TPSA) is 71.3 Å². The molecule has 0 radical (unpaired) electrons. The molecule has 1 fully saturated rings. The number of piperidine rings is 1. The average Bonchev–Trinajstić information content (AvgIpc) is 3.18. The second kappa shape index (κ2) is 9.07. The van der Waals surface area contributed by atoms with Gasteiger partial charge in [0.1, 0.15) is 0 Å². The van der Waals surface area contributed by atoms with Gasteiger partial charge >= 0.3 is 0 Å². The van der Waals surface area contributed by atoms with Gasteiger partial charge in [0, 0.05) is 27.3 Å². The minimum absolute atomic E-state index is 0.0253. The van der Waals surface area contributed by atoms with Gasteiger partial charge in [0.05, 0.1) is 12.5 Å². The first-order valence-corrected chi connectivity index (χ1v) is 10.6. The zero-order valence-corrected chi connectivity index (χ0v) is 18.0. The number of hydrogen-bond donors (Lipinski definition) is 1. The van der Waals surface area contributed by atoms with Crippen LogP contribution in [0.15, 0.2) is 57.5 Å². The Bertz CT molecular complexity index is 992. The fraction of sp³-hybridized carbons (Fsp3) is 0.286. The number of nitrogens with one attached hydrogen (secondary N) is 1. The fourth-order valence-corrected chi connectivity index (χ4v) is 3.97. The number of anilines is 1. The summed E-state index contributed by atoms with van der Waals surface area (Å²) < 4.78 is 6.40. The molecule has 0 aliphatic carbocycles. The van der Waals surface area contributed by atoms with Crippen LogP contribution >= 0.6 is 27.5 Å². The van der Waals surface area contributed by atoms with E-state index in [0.29, 0.717) is 29.8 Å². The van der Waals surface area contributed by atoms with Crippen molar-refractivity contribution < 1.29 is 9.32 Å². The Morgan fingerprint density at radius 2 is 2.10 bits per heavy atom. The van der Waals surface area contributed by atoms with Crippen LogP contribution in [0.3, 0.4) is 0 Å². The lowest BCUT2D eigenvalue weighted by Gasteiger charge is -2.30. The van der Waals surface area contributed by atoms with E-state index >= 15 is 0 Å². The van der Waals surface area contributed by atoms with Gasteiger partial charge in [-0.2, -0.15) is 4.98 Å². The van der Waals surface area contributed by atoms with Crippen molar-refractivity contribution in [2.24, 2.45) is 5.92 Å². The molecule has 1 amide bonds. The molecule has 8 heteroatoms. The molecular weight excluding hydrogens is 456 g/mol. The normalized spacial score (nSPS) is 17.2. The molecule has 0 bridgehead atoms. The lowest BCUT2D eigenvalue weighted by Crippen LogP contribution is -2.40. The summed E-state index contributed by atoms with van der Waals surface area (Å²) in [5.41, 5.74) is 1.65. The van der Waals surface area contributed by atoms with Gasteiger partial charge in [-0.15, -0.1) is 0 Å². The van der Waals surface area contributed by atoms with Crippen molar-refractivity contribution >= 4 is 39.1 Å². The monoisotopic (exact) mass is 474 g/mol. The molecule has 3 aromatic rings. The maximum Gasteiger partial charge on any atom is 0.241 e. The third kappa shape index (κ3) is 5.23. The summed E-state index contributed by atoms with van der Waals surface area (Å²) in [6, 6.07) is 14.9. The zero-order chi connectivity index (χ0) is 20.2. The van der Waals surface area contributed by atoms with Gasteiger partial charge in [-0.05, 0) is 55.8 Å². The van der Waals surface area contributed by atoms with Crippen molar-refractivity contribution in [3.05, 3.63) is 63.9 Å². The minimum atomic E-state index is -0.0769. The van der Waals surface area contributed by atoms with E-state index in [1.165, 1.54) is 0 Å². The molecular formula is C21H20BrClN4O2. The number of nitrogens with zero attached hydrogens (tertiary/aromatic N) is 3. The molecule has 4 rings (SSSR count). The van der Waals surface area contributed by atoms with Crippen LogP contribution in [0.1, 0.15) is 18.7 Å². The number of amides is 1. The molecule has 2 heterocycles. The highest BCUT2D eigenvalue weighted by Gasteiger charge is 2.27. The van der Waals surface area contributed by atoms with Gasteiger partial charge in [0.2, 0.25) is 17.6 Å². The van der Waals surface area contributed by atoms with E-state index in [0.717, 1.165) is 35.1 Å². The van der Waals surface area contributed by atoms with Crippen LogP contribution in [0.5, 0.6) is 0 Å². The lowest BCUT2D eigenvalue weighted by molar-refractivity contribution is -0.121. The van der Waals surface area contributed by atoms with Crippen LogP contribution < -0.4 is 5.32 Å². The van der Waals surface area contributed by atoms with E-state index < -0.39 is 0 Å². The van der Waals surface area contributed by atoms with Crippen molar-refractivity contribution in [1.29, 1.82) is 0 Å². The van der Waals surface area contributed by atoms with Crippen molar-refractivity contribution in [3.8, 4) is 11.4 Å². The van der Waals surface area contributed by atoms with Gasteiger partial charge in [-0.1, -0.05) is 44.8 Å². The number of aromatic nitrogens is 2. The van der Waals surface area contributed by atoms with Crippen LogP contribution in [0.25, 0.3) is 11.4 Å². The third-order valence-corrected chi connectivity index (χ3v) is 5.64. The van der Waals surface area contributed by atoms with Crippen molar-refractivity contribution in [3.63, 3.8) is 0 Å². The summed E-state index contributed by atoms with van der Waals surface area (Å²) >= 11 is 9.35. The Hall–Kier alpha value is -2.22. The Kier molecular flexibility index (Phi) is 6.28. The summed E-state index contributed by atoms with van der Waals surface area (Å²) in [5.74, 6) is 1.07. The maximum absolute atomic E-state index is 12.6.